The number of nitrogens with zero attached hydrogens (tertiary/aromatic N) is 2. The molecule has 1 aliphatic heterocycles. The van der Waals surface area contributed by atoms with Crippen molar-refractivity contribution in [2.45, 2.75) is 19.8 Å². The van der Waals surface area contributed by atoms with Crippen molar-refractivity contribution in [2.75, 3.05) is 5.32 Å². The summed E-state index contributed by atoms with van der Waals surface area (Å²) in [5, 5.41) is 2.90. The molecule has 0 saturated heterocycles. The van der Waals surface area contributed by atoms with E-state index in [1.54, 1.807) is 0 Å². The van der Waals surface area contributed by atoms with Crippen LogP contribution in [0.1, 0.15) is 17.8 Å². The Balaban J connectivity index is 2.10. The number of hydrogen-bond donors (Lipinski definition) is 1. The van der Waals surface area contributed by atoms with Gasteiger partial charge in [0.25, 0.3) is 0 Å². The molecule has 1 amide bonds. The largest absolute Gasteiger partial charge is 0.330 e. The minimum Gasteiger partial charge on any atom is -0.330 e. The summed E-state index contributed by atoms with van der Waals surface area (Å²) in [5.41, 5.74) is 4.29. The van der Waals surface area contributed by atoms with E-state index in [1.807, 2.05) is 26.1 Å². The van der Waals surface area contributed by atoms with Crippen LogP contribution < -0.4 is 5.32 Å². The first-order valence-corrected chi connectivity index (χ1v) is 6.97. The van der Waals surface area contributed by atoms with Crippen LogP contribution in [0.15, 0.2) is 22.8 Å². The molecular formula is C14H14BrN3O. The van der Waals surface area contributed by atoms with E-state index in [0.29, 0.717) is 6.42 Å². The zero-order valence-electron chi connectivity index (χ0n) is 10.8. The van der Waals surface area contributed by atoms with Crippen LogP contribution in [-0.4, -0.2) is 15.5 Å². The molecule has 0 fully saturated rings. The molecule has 1 aliphatic rings. The molecule has 0 bridgehead atoms. The number of amides is 1. The van der Waals surface area contributed by atoms with Crippen LogP contribution in [0.25, 0.3) is 11.3 Å². The van der Waals surface area contributed by atoms with E-state index >= 15 is 0 Å². The molecule has 98 valence electrons. The summed E-state index contributed by atoms with van der Waals surface area (Å²) in [5.74, 6) is 1.06. The first-order chi connectivity index (χ1) is 9.06. The predicted octanol–water partition coefficient (Wildman–Crippen LogP) is 3.04. The van der Waals surface area contributed by atoms with E-state index in [0.717, 1.165) is 33.8 Å². The van der Waals surface area contributed by atoms with Crippen LogP contribution in [0, 0.1) is 6.92 Å². The van der Waals surface area contributed by atoms with Gasteiger partial charge >= 0.3 is 0 Å². The van der Waals surface area contributed by atoms with Crippen LogP contribution in [0.4, 0.5) is 5.69 Å². The van der Waals surface area contributed by atoms with E-state index in [1.165, 1.54) is 5.56 Å². The number of carbonyl (C=O) groups excluding carboxylic acids is 1. The maximum Gasteiger partial charge on any atom is 0.224 e. The van der Waals surface area contributed by atoms with E-state index in [2.05, 4.69) is 36.9 Å². The monoisotopic (exact) mass is 319 g/mol. The van der Waals surface area contributed by atoms with Gasteiger partial charge in [-0.1, -0.05) is 6.07 Å². The molecular weight excluding hydrogens is 306 g/mol. The molecule has 0 unspecified atom stereocenters. The molecule has 0 radical (unpaired) electrons. The molecule has 19 heavy (non-hydrogen) atoms. The molecule has 2 aromatic rings. The number of imidazole rings is 1. The van der Waals surface area contributed by atoms with E-state index in [4.69, 9.17) is 0 Å². The second-order valence-electron chi connectivity index (χ2n) is 4.78. The third-order valence-electron chi connectivity index (χ3n) is 3.55. The Bertz CT molecular complexity index is 676. The van der Waals surface area contributed by atoms with Crippen LogP contribution >= 0.6 is 15.9 Å². The topological polar surface area (TPSA) is 46.9 Å². The van der Waals surface area contributed by atoms with E-state index < -0.39 is 0 Å². The minimum atomic E-state index is 0.0952. The van der Waals surface area contributed by atoms with Gasteiger partial charge in [0.05, 0.1) is 5.69 Å². The average molecular weight is 320 g/mol. The lowest BCUT2D eigenvalue weighted by Crippen LogP contribution is -2.18. The summed E-state index contributed by atoms with van der Waals surface area (Å²) in [7, 11) is 2.00. The highest BCUT2D eigenvalue weighted by atomic mass is 79.9. The maximum absolute atomic E-state index is 11.4. The lowest BCUT2D eigenvalue weighted by molar-refractivity contribution is -0.116. The van der Waals surface area contributed by atoms with Gasteiger partial charge < -0.3 is 9.88 Å². The van der Waals surface area contributed by atoms with Gasteiger partial charge in [0.1, 0.15) is 10.4 Å². The summed E-state index contributed by atoms with van der Waals surface area (Å²) >= 11 is 3.51. The lowest BCUT2D eigenvalue weighted by atomic mass is 9.99. The van der Waals surface area contributed by atoms with Gasteiger partial charge in [-0.05, 0) is 47.0 Å². The Morgan fingerprint density at radius 1 is 1.37 bits per heavy atom. The molecule has 4 nitrogen and oxygen atoms in total. The van der Waals surface area contributed by atoms with Crippen molar-refractivity contribution < 1.29 is 4.79 Å². The van der Waals surface area contributed by atoms with Crippen molar-refractivity contribution in [3.05, 3.63) is 34.2 Å². The molecule has 0 saturated carbocycles. The highest BCUT2D eigenvalue weighted by Crippen LogP contribution is 2.32. The third-order valence-corrected chi connectivity index (χ3v) is 4.10. The first kappa shape index (κ1) is 12.4. The minimum absolute atomic E-state index is 0.0952. The summed E-state index contributed by atoms with van der Waals surface area (Å²) in [4.78, 5) is 15.8. The van der Waals surface area contributed by atoms with Gasteiger partial charge in [0.15, 0.2) is 0 Å². The van der Waals surface area contributed by atoms with Gasteiger partial charge in [0.2, 0.25) is 5.91 Å². The Labute approximate surface area is 120 Å². The Morgan fingerprint density at radius 2 is 2.16 bits per heavy atom. The fourth-order valence-corrected chi connectivity index (χ4v) is 3.17. The Morgan fingerprint density at radius 3 is 2.84 bits per heavy atom. The summed E-state index contributed by atoms with van der Waals surface area (Å²) in [6.07, 6.45) is 1.35. The number of anilines is 1. The van der Waals surface area contributed by atoms with Gasteiger partial charge in [-0.15, -0.1) is 0 Å². The van der Waals surface area contributed by atoms with Crippen LogP contribution in [0.2, 0.25) is 0 Å². The molecule has 5 heteroatoms. The molecule has 3 rings (SSSR count). The Kier molecular flexibility index (Phi) is 2.93. The zero-order valence-corrected chi connectivity index (χ0v) is 12.4. The number of halogens is 1. The predicted molar refractivity (Wildman–Crippen MR) is 78.0 cm³/mol. The van der Waals surface area contributed by atoms with Crippen molar-refractivity contribution in [3.63, 3.8) is 0 Å². The molecule has 0 spiro atoms. The first-order valence-electron chi connectivity index (χ1n) is 6.18. The molecule has 1 N–H and O–H groups in total. The lowest BCUT2D eigenvalue weighted by Gasteiger charge is -2.17. The normalized spacial score (nSPS) is 14.2. The fraction of sp³-hybridized carbons (Fsp3) is 0.286. The quantitative estimate of drug-likeness (QED) is 0.878. The highest BCUT2D eigenvalue weighted by molar-refractivity contribution is 9.10. The van der Waals surface area contributed by atoms with Crippen LogP contribution in [0.3, 0.4) is 0 Å². The fourth-order valence-electron chi connectivity index (χ4n) is 2.41. The molecule has 2 heterocycles. The third kappa shape index (κ3) is 2.08. The van der Waals surface area contributed by atoms with E-state index in [9.17, 15) is 4.79 Å². The summed E-state index contributed by atoms with van der Waals surface area (Å²) < 4.78 is 2.92. The number of fused-ring (bicyclic) bond motifs is 1. The Hall–Kier alpha value is -1.62. The van der Waals surface area contributed by atoms with Gasteiger partial charge in [0, 0.05) is 24.7 Å². The van der Waals surface area contributed by atoms with Crippen molar-refractivity contribution in [3.8, 4) is 11.3 Å². The maximum atomic E-state index is 11.4. The van der Waals surface area contributed by atoms with E-state index in [-0.39, 0.29) is 5.91 Å². The SMILES string of the molecule is Cc1nc(Br)c(-c2ccc3c(c2)CCC(=O)N3)n1C. The average Bonchev–Trinajstić information content (AvgIpc) is 2.63. The van der Waals surface area contributed by atoms with Gasteiger partial charge in [-0.25, -0.2) is 4.98 Å². The number of rotatable bonds is 1. The van der Waals surface area contributed by atoms with Gasteiger partial charge in [-0.3, -0.25) is 4.79 Å². The van der Waals surface area contributed by atoms with Crippen molar-refractivity contribution in [1.29, 1.82) is 0 Å². The molecule has 0 aliphatic carbocycles. The van der Waals surface area contributed by atoms with Crippen molar-refractivity contribution >= 4 is 27.5 Å². The van der Waals surface area contributed by atoms with Crippen molar-refractivity contribution in [2.24, 2.45) is 7.05 Å². The number of aryl methyl sites for hydroxylation is 2. The number of hydrogen-bond acceptors (Lipinski definition) is 2. The number of aromatic nitrogens is 2. The number of carbonyl (C=O) groups is 1. The zero-order chi connectivity index (χ0) is 13.6. The summed E-state index contributed by atoms with van der Waals surface area (Å²) in [6, 6.07) is 6.12. The van der Waals surface area contributed by atoms with Gasteiger partial charge in [-0.2, -0.15) is 0 Å². The smallest absolute Gasteiger partial charge is 0.224 e. The molecule has 1 aromatic heterocycles. The molecule has 1 aromatic carbocycles. The van der Waals surface area contributed by atoms with Crippen LogP contribution in [0.5, 0.6) is 0 Å². The second-order valence-corrected chi connectivity index (χ2v) is 5.53. The summed E-state index contributed by atoms with van der Waals surface area (Å²) in [6.45, 7) is 1.98. The second kappa shape index (κ2) is 4.49. The van der Waals surface area contributed by atoms with Crippen molar-refractivity contribution in [1.82, 2.24) is 9.55 Å². The molecule has 0 atom stereocenters. The number of nitrogens with one attached hydrogen (secondary N) is 1. The number of benzene rings is 1. The standard InChI is InChI=1S/C14H14BrN3O/c1-8-16-14(15)13(18(8)2)10-3-5-11-9(7-10)4-6-12(19)17-11/h3,5,7H,4,6H2,1-2H3,(H,17,19). The highest BCUT2D eigenvalue weighted by Gasteiger charge is 2.17. The van der Waals surface area contributed by atoms with Crippen LogP contribution in [-0.2, 0) is 18.3 Å².